The molecule has 2 N–H and O–H groups in total. The fourth-order valence-corrected chi connectivity index (χ4v) is 5.16. The van der Waals surface area contributed by atoms with Crippen LogP contribution in [0.1, 0.15) is 69.8 Å². The molecule has 0 heterocycles. The van der Waals surface area contributed by atoms with Gasteiger partial charge in [-0.2, -0.15) is 0 Å². The highest BCUT2D eigenvalue weighted by molar-refractivity contribution is 5.86. The number of amides is 1. The van der Waals surface area contributed by atoms with Crippen LogP contribution in [0.3, 0.4) is 0 Å². The van der Waals surface area contributed by atoms with Crippen molar-refractivity contribution >= 4 is 5.91 Å². The van der Waals surface area contributed by atoms with Gasteiger partial charge in [0.15, 0.2) is 0 Å². The third-order valence-electron chi connectivity index (χ3n) is 7.42. The second-order valence-electron chi connectivity index (χ2n) is 10.0. The van der Waals surface area contributed by atoms with E-state index in [1.54, 1.807) is 19.2 Å². The van der Waals surface area contributed by atoms with E-state index in [0.29, 0.717) is 17.0 Å². The van der Waals surface area contributed by atoms with E-state index in [1.165, 1.54) is 81.2 Å². The van der Waals surface area contributed by atoms with Gasteiger partial charge in [-0.05, 0) is 78.5 Å². The van der Waals surface area contributed by atoms with Crippen LogP contribution >= 0.6 is 0 Å². The predicted molar refractivity (Wildman–Crippen MR) is 152 cm³/mol. The van der Waals surface area contributed by atoms with Crippen molar-refractivity contribution in [3.63, 3.8) is 0 Å². The quantitative estimate of drug-likeness (QED) is 0.231. The van der Waals surface area contributed by atoms with E-state index >= 15 is 0 Å². The molecule has 0 saturated heterocycles. The molecule has 38 heavy (non-hydrogen) atoms. The van der Waals surface area contributed by atoms with Crippen LogP contribution in [0.5, 0.6) is 5.75 Å². The Balaban J connectivity index is 0.000000599. The molecule has 5 heteroatoms. The first kappa shape index (κ1) is 29.1. The van der Waals surface area contributed by atoms with Gasteiger partial charge < -0.3 is 10.4 Å². The number of phenols is 1. The summed E-state index contributed by atoms with van der Waals surface area (Å²) in [5.74, 6) is 0.264. The van der Waals surface area contributed by atoms with Gasteiger partial charge in [0, 0.05) is 24.2 Å². The number of unbranched alkanes of at least 4 members (excludes halogenated alkanes) is 2. The minimum atomic E-state index is -0.568. The monoisotopic (exact) mass is 519 g/mol. The summed E-state index contributed by atoms with van der Waals surface area (Å²) >= 11 is 0. The number of nitrogens with one attached hydrogen (secondary N) is 1. The lowest BCUT2D eigenvalue weighted by molar-refractivity contribution is -0.116. The molecule has 3 aromatic carbocycles. The number of hydrogen-bond acceptors (Lipinski definition) is 2. The summed E-state index contributed by atoms with van der Waals surface area (Å²) in [4.78, 5) is 9.95. The minimum Gasteiger partial charge on any atom is -0.508 e. The van der Waals surface area contributed by atoms with E-state index in [1.807, 2.05) is 12.1 Å². The molecule has 1 amide bonds. The van der Waals surface area contributed by atoms with Crippen LogP contribution in [0.15, 0.2) is 73.3 Å². The summed E-state index contributed by atoms with van der Waals surface area (Å²) in [5.41, 5.74) is 3.42. The van der Waals surface area contributed by atoms with Crippen LogP contribution in [0.4, 0.5) is 8.78 Å². The maximum atomic E-state index is 14.9. The second-order valence-corrected chi connectivity index (χ2v) is 10.0. The van der Waals surface area contributed by atoms with Crippen LogP contribution in [0, 0.1) is 17.6 Å². The number of phenolic OH excluding ortho intramolecular Hbond substituents is 1. The average molecular weight is 520 g/mol. The highest BCUT2D eigenvalue weighted by atomic mass is 19.1. The molecule has 4 rings (SSSR count). The first-order valence-electron chi connectivity index (χ1n) is 13.6. The standard InChI is InChI=1S/C29H32F2O.C4H7NO/c1-2-3-4-5-20-6-8-21(9-7-20)22-10-12-23(13-11-22)26-16-14-24(18-28(26)30)27-17-15-25(32)19-29(27)31;1-3-4(6)5-2/h10-21,32H,2-9H2,1H3;3H,1H2,2H3,(H,5,6). The van der Waals surface area contributed by atoms with E-state index in [0.717, 1.165) is 17.5 Å². The zero-order chi connectivity index (χ0) is 27.5. The Bertz CT molecular complexity index is 1200. The molecule has 0 aromatic heterocycles. The molecular weight excluding hydrogens is 480 g/mol. The SMILES string of the molecule is C=CC(=O)NC.CCCCCC1CCC(c2ccc(-c3ccc(-c4ccc(O)cc4F)cc3F)cc2)CC1. The van der Waals surface area contributed by atoms with Gasteiger partial charge in [0.1, 0.15) is 17.4 Å². The molecule has 1 aliphatic rings. The number of carbonyl (C=O) groups is 1. The molecule has 1 fully saturated rings. The minimum absolute atomic E-state index is 0.144. The van der Waals surface area contributed by atoms with E-state index in [2.05, 4.69) is 31.0 Å². The third-order valence-corrected chi connectivity index (χ3v) is 7.42. The average Bonchev–Trinajstić information content (AvgIpc) is 2.93. The number of rotatable bonds is 8. The Morgan fingerprint density at radius 3 is 2.08 bits per heavy atom. The molecule has 1 saturated carbocycles. The van der Waals surface area contributed by atoms with Crippen LogP contribution < -0.4 is 5.32 Å². The van der Waals surface area contributed by atoms with Crippen LogP contribution in [0.25, 0.3) is 22.3 Å². The smallest absolute Gasteiger partial charge is 0.243 e. The lowest BCUT2D eigenvalue weighted by Crippen LogP contribution is -2.13. The molecule has 0 bridgehead atoms. The molecule has 0 radical (unpaired) electrons. The van der Waals surface area contributed by atoms with E-state index in [4.69, 9.17) is 0 Å². The normalized spacial score (nSPS) is 16.7. The molecule has 0 unspecified atom stereocenters. The van der Waals surface area contributed by atoms with Gasteiger partial charge in [-0.1, -0.05) is 75.6 Å². The summed E-state index contributed by atoms with van der Waals surface area (Å²) in [5, 5.41) is 11.7. The molecule has 0 aliphatic heterocycles. The lowest BCUT2D eigenvalue weighted by atomic mass is 9.77. The summed E-state index contributed by atoms with van der Waals surface area (Å²) in [7, 11) is 1.56. The fourth-order valence-electron chi connectivity index (χ4n) is 5.16. The Hall–Kier alpha value is -3.47. The van der Waals surface area contributed by atoms with Gasteiger partial charge >= 0.3 is 0 Å². The molecule has 1 aliphatic carbocycles. The first-order chi connectivity index (χ1) is 18.4. The summed E-state index contributed by atoms with van der Waals surface area (Å²) < 4.78 is 29.0. The lowest BCUT2D eigenvalue weighted by Gasteiger charge is -2.29. The van der Waals surface area contributed by atoms with Crippen molar-refractivity contribution < 1.29 is 18.7 Å². The number of hydrogen-bond donors (Lipinski definition) is 2. The Morgan fingerprint density at radius 2 is 1.53 bits per heavy atom. The molecule has 3 nitrogen and oxygen atoms in total. The van der Waals surface area contributed by atoms with Gasteiger partial charge in [-0.25, -0.2) is 8.78 Å². The highest BCUT2D eigenvalue weighted by Crippen LogP contribution is 2.38. The molecule has 0 spiro atoms. The van der Waals surface area contributed by atoms with Crippen molar-refractivity contribution in [1.29, 1.82) is 0 Å². The van der Waals surface area contributed by atoms with Crippen molar-refractivity contribution in [2.24, 2.45) is 5.92 Å². The summed E-state index contributed by atoms with van der Waals surface area (Å²) in [6.45, 7) is 5.48. The largest absolute Gasteiger partial charge is 0.508 e. The van der Waals surface area contributed by atoms with Gasteiger partial charge in [-0.15, -0.1) is 0 Å². The van der Waals surface area contributed by atoms with E-state index in [-0.39, 0.29) is 23.0 Å². The first-order valence-corrected chi connectivity index (χ1v) is 13.6. The van der Waals surface area contributed by atoms with Crippen molar-refractivity contribution in [2.45, 2.75) is 64.2 Å². The van der Waals surface area contributed by atoms with Crippen molar-refractivity contribution in [3.8, 4) is 28.0 Å². The van der Waals surface area contributed by atoms with Crippen LogP contribution in [-0.2, 0) is 4.79 Å². The summed E-state index contributed by atoms with van der Waals surface area (Å²) in [6, 6.07) is 17.0. The van der Waals surface area contributed by atoms with Crippen molar-refractivity contribution in [3.05, 3.63) is 90.5 Å². The van der Waals surface area contributed by atoms with Crippen LogP contribution in [-0.4, -0.2) is 18.1 Å². The van der Waals surface area contributed by atoms with E-state index < -0.39 is 5.82 Å². The number of aromatic hydroxyl groups is 1. The third kappa shape index (κ3) is 8.01. The van der Waals surface area contributed by atoms with Gasteiger partial charge in [0.2, 0.25) is 5.91 Å². The Kier molecular flexibility index (Phi) is 11.1. The predicted octanol–water partition coefficient (Wildman–Crippen LogP) is 8.78. The number of benzene rings is 3. The molecule has 0 atom stereocenters. The van der Waals surface area contributed by atoms with Gasteiger partial charge in [0.05, 0.1) is 0 Å². The van der Waals surface area contributed by atoms with Crippen molar-refractivity contribution in [1.82, 2.24) is 5.32 Å². The van der Waals surface area contributed by atoms with Gasteiger partial charge in [-0.3, -0.25) is 4.79 Å². The van der Waals surface area contributed by atoms with Crippen LogP contribution in [0.2, 0.25) is 0 Å². The molecule has 3 aromatic rings. The number of carbonyl (C=O) groups excluding carboxylic acids is 1. The number of likely N-dealkylation sites (N-methyl/N-ethyl adjacent to an activating group) is 1. The highest BCUT2D eigenvalue weighted by Gasteiger charge is 2.22. The topological polar surface area (TPSA) is 49.3 Å². The second kappa shape index (κ2) is 14.5. The van der Waals surface area contributed by atoms with Crippen molar-refractivity contribution in [2.75, 3.05) is 7.05 Å². The fraction of sp³-hybridized carbons (Fsp3) is 0.364. The van der Waals surface area contributed by atoms with Gasteiger partial charge in [0.25, 0.3) is 0 Å². The maximum Gasteiger partial charge on any atom is 0.243 e. The maximum absolute atomic E-state index is 14.9. The Morgan fingerprint density at radius 1 is 0.921 bits per heavy atom. The molecular formula is C33H39F2NO2. The zero-order valence-electron chi connectivity index (χ0n) is 22.5. The molecule has 202 valence electrons. The summed E-state index contributed by atoms with van der Waals surface area (Å²) in [6.07, 6.45) is 11.7. The number of halogens is 2. The zero-order valence-corrected chi connectivity index (χ0v) is 22.5. The Labute approximate surface area is 225 Å². The van der Waals surface area contributed by atoms with E-state index in [9.17, 15) is 18.7 Å².